The predicted molar refractivity (Wildman–Crippen MR) is 61.4 cm³/mol. The van der Waals surface area contributed by atoms with Crippen LogP contribution in [-0.4, -0.2) is 23.0 Å². The molecule has 2 aromatic rings. The molecule has 5 heteroatoms. The molecule has 0 radical (unpaired) electrons. The van der Waals surface area contributed by atoms with Crippen LogP contribution in [0.25, 0.3) is 10.6 Å². The van der Waals surface area contributed by atoms with Crippen LogP contribution < -0.4 is 0 Å². The first kappa shape index (κ1) is 10.8. The van der Waals surface area contributed by atoms with Crippen LogP contribution in [0.2, 0.25) is 0 Å². The highest BCUT2D eigenvalue weighted by Gasteiger charge is 2.12. The molecule has 0 aliphatic rings. The van der Waals surface area contributed by atoms with Crippen LogP contribution in [0.5, 0.6) is 0 Å². The standard InChI is InChI=1S/C11H10N2O2S/c1-7-5-12-4-3-8(7)10-13-9(6-16-10)11(14)15-2/h3-6H,1-2H3. The lowest BCUT2D eigenvalue weighted by Gasteiger charge is -1.99. The predicted octanol–water partition coefficient (Wildman–Crippen LogP) is 2.30. The van der Waals surface area contributed by atoms with E-state index < -0.39 is 5.97 Å². The fourth-order valence-corrected chi connectivity index (χ4v) is 2.19. The Morgan fingerprint density at radius 2 is 2.31 bits per heavy atom. The van der Waals surface area contributed by atoms with Crippen molar-refractivity contribution >= 4 is 17.3 Å². The number of pyridine rings is 1. The second kappa shape index (κ2) is 4.40. The molecular formula is C11H10N2O2S. The highest BCUT2D eigenvalue weighted by molar-refractivity contribution is 7.13. The molecule has 0 atom stereocenters. The lowest BCUT2D eigenvalue weighted by Crippen LogP contribution is -2.01. The molecule has 0 saturated heterocycles. The van der Waals surface area contributed by atoms with Crippen molar-refractivity contribution in [3.63, 3.8) is 0 Å². The quantitative estimate of drug-likeness (QED) is 0.748. The third-order valence-corrected chi connectivity index (χ3v) is 3.02. The monoisotopic (exact) mass is 234 g/mol. The van der Waals surface area contributed by atoms with E-state index in [1.807, 2.05) is 13.0 Å². The Kier molecular flexibility index (Phi) is 2.96. The number of thiazole rings is 1. The SMILES string of the molecule is COC(=O)c1csc(-c2ccncc2C)n1. The molecule has 0 aliphatic carbocycles. The highest BCUT2D eigenvalue weighted by atomic mass is 32.1. The second-order valence-corrected chi connectivity index (χ2v) is 4.08. The molecule has 16 heavy (non-hydrogen) atoms. The molecule has 0 aliphatic heterocycles. The zero-order chi connectivity index (χ0) is 11.5. The van der Waals surface area contributed by atoms with Gasteiger partial charge in [0.05, 0.1) is 7.11 Å². The topological polar surface area (TPSA) is 52.1 Å². The van der Waals surface area contributed by atoms with Gasteiger partial charge in [0, 0.05) is 23.3 Å². The van der Waals surface area contributed by atoms with E-state index in [4.69, 9.17) is 0 Å². The molecule has 0 bridgehead atoms. The number of carbonyl (C=O) groups excluding carboxylic acids is 1. The number of hydrogen-bond donors (Lipinski definition) is 0. The minimum absolute atomic E-state index is 0.346. The summed E-state index contributed by atoms with van der Waals surface area (Å²) >= 11 is 1.42. The van der Waals surface area contributed by atoms with E-state index in [0.29, 0.717) is 5.69 Å². The summed E-state index contributed by atoms with van der Waals surface area (Å²) in [6.07, 6.45) is 3.48. The van der Waals surface area contributed by atoms with Gasteiger partial charge in [-0.1, -0.05) is 0 Å². The fraction of sp³-hybridized carbons (Fsp3) is 0.182. The van der Waals surface area contributed by atoms with Crippen LogP contribution in [0, 0.1) is 6.92 Å². The number of aromatic nitrogens is 2. The maximum Gasteiger partial charge on any atom is 0.357 e. The van der Waals surface area contributed by atoms with E-state index in [9.17, 15) is 4.79 Å². The van der Waals surface area contributed by atoms with Crippen LogP contribution in [0.4, 0.5) is 0 Å². The Morgan fingerprint density at radius 1 is 1.50 bits per heavy atom. The van der Waals surface area contributed by atoms with Gasteiger partial charge in [0.1, 0.15) is 5.01 Å². The number of hydrogen-bond acceptors (Lipinski definition) is 5. The number of nitrogens with zero attached hydrogens (tertiary/aromatic N) is 2. The Balaban J connectivity index is 2.39. The smallest absolute Gasteiger partial charge is 0.357 e. The van der Waals surface area contributed by atoms with Gasteiger partial charge in [-0.05, 0) is 18.6 Å². The normalized spacial score (nSPS) is 10.1. The van der Waals surface area contributed by atoms with Crippen LogP contribution in [0.1, 0.15) is 16.1 Å². The summed E-state index contributed by atoms with van der Waals surface area (Å²) in [7, 11) is 1.35. The number of ether oxygens (including phenoxy) is 1. The largest absolute Gasteiger partial charge is 0.464 e. The van der Waals surface area contributed by atoms with Gasteiger partial charge in [0.25, 0.3) is 0 Å². The highest BCUT2D eigenvalue weighted by Crippen LogP contribution is 2.26. The van der Waals surface area contributed by atoms with Crippen molar-refractivity contribution in [2.75, 3.05) is 7.11 Å². The first-order chi connectivity index (χ1) is 7.72. The molecular weight excluding hydrogens is 224 g/mol. The molecule has 0 fully saturated rings. The molecule has 2 aromatic heterocycles. The van der Waals surface area contributed by atoms with Crippen molar-refractivity contribution in [3.05, 3.63) is 35.1 Å². The van der Waals surface area contributed by atoms with Crippen molar-refractivity contribution in [1.29, 1.82) is 0 Å². The summed E-state index contributed by atoms with van der Waals surface area (Å²) in [6.45, 7) is 1.96. The lowest BCUT2D eigenvalue weighted by molar-refractivity contribution is 0.0595. The first-order valence-electron chi connectivity index (χ1n) is 4.67. The average molecular weight is 234 g/mol. The zero-order valence-electron chi connectivity index (χ0n) is 8.93. The molecule has 0 spiro atoms. The molecule has 0 saturated carbocycles. The van der Waals surface area contributed by atoms with E-state index in [-0.39, 0.29) is 0 Å². The molecule has 0 unspecified atom stereocenters. The summed E-state index contributed by atoms with van der Waals surface area (Å²) < 4.78 is 4.61. The van der Waals surface area contributed by atoms with Crippen LogP contribution in [0.3, 0.4) is 0 Å². The average Bonchev–Trinajstić information content (AvgIpc) is 2.78. The van der Waals surface area contributed by atoms with Crippen molar-refractivity contribution in [2.24, 2.45) is 0 Å². The molecule has 2 rings (SSSR count). The van der Waals surface area contributed by atoms with E-state index >= 15 is 0 Å². The second-order valence-electron chi connectivity index (χ2n) is 3.22. The number of rotatable bonds is 2. The molecule has 4 nitrogen and oxygen atoms in total. The molecule has 2 heterocycles. The van der Waals surface area contributed by atoms with E-state index in [1.165, 1.54) is 18.4 Å². The number of carbonyl (C=O) groups is 1. The van der Waals surface area contributed by atoms with Crippen molar-refractivity contribution in [3.8, 4) is 10.6 Å². The summed E-state index contributed by atoms with van der Waals surface area (Å²) in [5, 5.41) is 2.50. The van der Waals surface area contributed by atoms with Gasteiger partial charge in [0.15, 0.2) is 5.69 Å². The number of methoxy groups -OCH3 is 1. The Morgan fingerprint density at radius 3 is 3.00 bits per heavy atom. The van der Waals surface area contributed by atoms with E-state index in [2.05, 4.69) is 14.7 Å². The van der Waals surface area contributed by atoms with Crippen molar-refractivity contribution < 1.29 is 9.53 Å². The fourth-order valence-electron chi connectivity index (χ4n) is 1.31. The van der Waals surface area contributed by atoms with Gasteiger partial charge in [-0.2, -0.15) is 0 Å². The van der Waals surface area contributed by atoms with E-state index in [1.54, 1.807) is 17.8 Å². The van der Waals surface area contributed by atoms with Crippen LogP contribution >= 0.6 is 11.3 Å². The Hall–Kier alpha value is -1.75. The van der Waals surface area contributed by atoms with Crippen molar-refractivity contribution in [1.82, 2.24) is 9.97 Å². The van der Waals surface area contributed by atoms with Crippen molar-refractivity contribution in [2.45, 2.75) is 6.92 Å². The molecule has 0 N–H and O–H groups in total. The Labute approximate surface area is 96.9 Å². The van der Waals surface area contributed by atoms with Gasteiger partial charge < -0.3 is 4.74 Å². The van der Waals surface area contributed by atoms with Gasteiger partial charge in [0.2, 0.25) is 0 Å². The van der Waals surface area contributed by atoms with Crippen LogP contribution in [0.15, 0.2) is 23.8 Å². The summed E-state index contributed by atoms with van der Waals surface area (Å²) in [5.41, 5.74) is 2.38. The summed E-state index contributed by atoms with van der Waals surface area (Å²) in [5.74, 6) is -0.408. The maximum atomic E-state index is 11.3. The molecule has 0 aromatic carbocycles. The first-order valence-corrected chi connectivity index (χ1v) is 5.55. The van der Waals surface area contributed by atoms with Gasteiger partial charge in [-0.25, -0.2) is 9.78 Å². The zero-order valence-corrected chi connectivity index (χ0v) is 9.75. The van der Waals surface area contributed by atoms with E-state index in [0.717, 1.165) is 16.1 Å². The Bertz CT molecular complexity index is 522. The number of esters is 1. The summed E-state index contributed by atoms with van der Waals surface area (Å²) in [4.78, 5) is 19.5. The number of aryl methyl sites for hydroxylation is 1. The van der Waals surface area contributed by atoms with Gasteiger partial charge in [-0.15, -0.1) is 11.3 Å². The minimum Gasteiger partial charge on any atom is -0.464 e. The van der Waals surface area contributed by atoms with Crippen LogP contribution in [-0.2, 0) is 4.74 Å². The van der Waals surface area contributed by atoms with Gasteiger partial charge in [-0.3, -0.25) is 4.98 Å². The third kappa shape index (κ3) is 1.94. The lowest BCUT2D eigenvalue weighted by atomic mass is 10.2. The minimum atomic E-state index is -0.408. The molecule has 0 amide bonds. The third-order valence-electron chi connectivity index (χ3n) is 2.15. The molecule has 82 valence electrons. The maximum absolute atomic E-state index is 11.3. The van der Waals surface area contributed by atoms with Gasteiger partial charge >= 0.3 is 5.97 Å². The summed E-state index contributed by atoms with van der Waals surface area (Å²) in [6, 6.07) is 1.88.